The van der Waals surface area contributed by atoms with Crippen LogP contribution in [0.15, 0.2) is 60.9 Å². The number of nitrogens with zero attached hydrogens (tertiary/aromatic N) is 3. The Labute approximate surface area is 153 Å². The molecule has 0 radical (unpaired) electrons. The minimum atomic E-state index is 0.184. The average molecular weight is 349 g/mol. The number of ether oxygens (including phenoxy) is 1. The van der Waals surface area contributed by atoms with E-state index >= 15 is 0 Å². The Hall–Kier alpha value is -2.79. The molecule has 0 bridgehead atoms. The van der Waals surface area contributed by atoms with E-state index in [4.69, 9.17) is 4.74 Å². The molecular weight excluding hydrogens is 326 g/mol. The summed E-state index contributed by atoms with van der Waals surface area (Å²) in [5.74, 6) is 0.713. The summed E-state index contributed by atoms with van der Waals surface area (Å²) in [7, 11) is 1.58. The maximum absolute atomic E-state index is 9.78. The number of benzene rings is 2. The van der Waals surface area contributed by atoms with E-state index in [1.54, 1.807) is 19.4 Å². The number of aromatic hydroxyl groups is 1. The number of aromatic nitrogens is 2. The van der Waals surface area contributed by atoms with E-state index in [1.807, 2.05) is 29.1 Å². The van der Waals surface area contributed by atoms with E-state index in [-0.39, 0.29) is 5.75 Å². The first-order valence-electron chi connectivity index (χ1n) is 8.92. The molecule has 2 aromatic carbocycles. The molecule has 1 N–H and O–H groups in total. The molecule has 4 rings (SSSR count). The van der Waals surface area contributed by atoms with Crippen molar-refractivity contribution in [2.45, 2.75) is 32.0 Å². The standard InChI is InChI=1S/C21H23N3O2/c1-26-21-13-17(5-10-20(21)25)15-23(18-8-9-18)14-16-3-6-19(7-4-16)24-12-2-11-22-24/h2-7,10-13,18,25H,8-9,14-15H2,1H3. The molecule has 0 amide bonds. The maximum atomic E-state index is 9.78. The van der Waals surface area contributed by atoms with E-state index in [1.165, 1.54) is 18.4 Å². The van der Waals surface area contributed by atoms with Gasteiger partial charge in [0.15, 0.2) is 11.5 Å². The molecule has 1 aliphatic rings. The molecule has 1 aliphatic carbocycles. The van der Waals surface area contributed by atoms with Gasteiger partial charge in [0.25, 0.3) is 0 Å². The molecule has 0 saturated heterocycles. The summed E-state index contributed by atoms with van der Waals surface area (Å²) in [6.45, 7) is 1.76. The lowest BCUT2D eigenvalue weighted by atomic mass is 10.1. The highest BCUT2D eigenvalue weighted by atomic mass is 16.5. The molecule has 5 heteroatoms. The molecule has 1 saturated carbocycles. The van der Waals surface area contributed by atoms with Crippen molar-refractivity contribution in [3.05, 3.63) is 72.1 Å². The fourth-order valence-corrected chi connectivity index (χ4v) is 3.22. The van der Waals surface area contributed by atoms with Gasteiger partial charge in [0.2, 0.25) is 0 Å². The number of methoxy groups -OCH3 is 1. The van der Waals surface area contributed by atoms with Crippen LogP contribution in [0.4, 0.5) is 0 Å². The van der Waals surface area contributed by atoms with Gasteiger partial charge in [-0.15, -0.1) is 0 Å². The van der Waals surface area contributed by atoms with Crippen molar-refractivity contribution < 1.29 is 9.84 Å². The van der Waals surface area contributed by atoms with Gasteiger partial charge in [0, 0.05) is 31.5 Å². The predicted octanol–water partition coefficient (Wildman–Crippen LogP) is 3.75. The summed E-state index contributed by atoms with van der Waals surface area (Å²) in [5, 5.41) is 14.1. The van der Waals surface area contributed by atoms with Crippen LogP contribution >= 0.6 is 0 Å². The number of phenols is 1. The summed E-state index contributed by atoms with van der Waals surface area (Å²) >= 11 is 0. The molecule has 0 aliphatic heterocycles. The third kappa shape index (κ3) is 3.73. The van der Waals surface area contributed by atoms with Crippen molar-refractivity contribution in [1.29, 1.82) is 0 Å². The molecule has 5 nitrogen and oxygen atoms in total. The topological polar surface area (TPSA) is 50.5 Å². The zero-order valence-electron chi connectivity index (χ0n) is 14.9. The quantitative estimate of drug-likeness (QED) is 0.706. The van der Waals surface area contributed by atoms with Gasteiger partial charge < -0.3 is 9.84 Å². The third-order valence-corrected chi connectivity index (χ3v) is 4.78. The van der Waals surface area contributed by atoms with E-state index < -0.39 is 0 Å². The lowest BCUT2D eigenvalue weighted by molar-refractivity contribution is 0.245. The zero-order chi connectivity index (χ0) is 17.9. The van der Waals surface area contributed by atoms with Crippen molar-refractivity contribution in [2.75, 3.05) is 7.11 Å². The van der Waals surface area contributed by atoms with Crippen molar-refractivity contribution in [3.63, 3.8) is 0 Å². The van der Waals surface area contributed by atoms with E-state index in [2.05, 4.69) is 34.3 Å². The second-order valence-electron chi connectivity index (χ2n) is 6.76. The number of phenolic OH excluding ortho intramolecular Hbond substituents is 1. The summed E-state index contributed by atoms with van der Waals surface area (Å²) in [6.07, 6.45) is 6.24. The first-order valence-corrected chi connectivity index (χ1v) is 8.92. The van der Waals surface area contributed by atoms with Crippen molar-refractivity contribution in [3.8, 4) is 17.2 Å². The smallest absolute Gasteiger partial charge is 0.160 e. The third-order valence-electron chi connectivity index (χ3n) is 4.78. The van der Waals surface area contributed by atoms with Gasteiger partial charge in [-0.3, -0.25) is 4.90 Å². The first-order chi connectivity index (χ1) is 12.7. The van der Waals surface area contributed by atoms with Gasteiger partial charge in [-0.2, -0.15) is 5.10 Å². The Bertz CT molecular complexity index is 855. The highest BCUT2D eigenvalue weighted by molar-refractivity contribution is 5.41. The molecule has 1 aromatic heterocycles. The van der Waals surface area contributed by atoms with Gasteiger partial charge in [0.05, 0.1) is 12.8 Å². The molecule has 0 spiro atoms. The van der Waals surface area contributed by atoms with Gasteiger partial charge >= 0.3 is 0 Å². The fraction of sp³-hybridized carbons (Fsp3) is 0.286. The lowest BCUT2D eigenvalue weighted by Crippen LogP contribution is -2.25. The van der Waals surface area contributed by atoms with Crippen LogP contribution < -0.4 is 4.74 Å². The Morgan fingerprint density at radius 1 is 1.12 bits per heavy atom. The number of hydrogen-bond donors (Lipinski definition) is 1. The van der Waals surface area contributed by atoms with Crippen LogP contribution in [0.5, 0.6) is 11.5 Å². The van der Waals surface area contributed by atoms with Crippen LogP contribution in [-0.4, -0.2) is 32.9 Å². The highest BCUT2D eigenvalue weighted by Crippen LogP contribution is 2.32. The Morgan fingerprint density at radius 3 is 2.50 bits per heavy atom. The molecule has 1 fully saturated rings. The van der Waals surface area contributed by atoms with E-state index in [0.717, 1.165) is 24.3 Å². The maximum Gasteiger partial charge on any atom is 0.160 e. The second kappa shape index (κ2) is 7.22. The normalized spacial score (nSPS) is 13.9. The van der Waals surface area contributed by atoms with Gasteiger partial charge in [0.1, 0.15) is 0 Å². The Morgan fingerprint density at radius 2 is 1.85 bits per heavy atom. The van der Waals surface area contributed by atoms with Crippen LogP contribution in [0.25, 0.3) is 5.69 Å². The van der Waals surface area contributed by atoms with Crippen molar-refractivity contribution >= 4 is 0 Å². The largest absolute Gasteiger partial charge is 0.504 e. The molecular formula is C21H23N3O2. The van der Waals surface area contributed by atoms with Gasteiger partial charge in [-0.1, -0.05) is 18.2 Å². The van der Waals surface area contributed by atoms with Crippen LogP contribution in [0, 0.1) is 0 Å². The Balaban J connectivity index is 1.47. The van der Waals surface area contributed by atoms with Crippen molar-refractivity contribution in [2.24, 2.45) is 0 Å². The van der Waals surface area contributed by atoms with E-state index in [0.29, 0.717) is 11.8 Å². The molecule has 3 aromatic rings. The van der Waals surface area contributed by atoms with Crippen LogP contribution in [0.2, 0.25) is 0 Å². The summed E-state index contributed by atoms with van der Waals surface area (Å²) < 4.78 is 7.10. The minimum absolute atomic E-state index is 0.184. The lowest BCUT2D eigenvalue weighted by Gasteiger charge is -2.22. The zero-order valence-corrected chi connectivity index (χ0v) is 14.9. The highest BCUT2D eigenvalue weighted by Gasteiger charge is 2.29. The first kappa shape index (κ1) is 16.7. The number of rotatable bonds is 7. The average Bonchev–Trinajstić information content (AvgIpc) is 3.37. The SMILES string of the molecule is COc1cc(CN(Cc2ccc(-n3cccn3)cc2)C2CC2)ccc1O. The van der Waals surface area contributed by atoms with Crippen LogP contribution in [0.1, 0.15) is 24.0 Å². The minimum Gasteiger partial charge on any atom is -0.504 e. The predicted molar refractivity (Wildman–Crippen MR) is 100 cm³/mol. The fourth-order valence-electron chi connectivity index (χ4n) is 3.22. The van der Waals surface area contributed by atoms with Gasteiger partial charge in [-0.25, -0.2) is 4.68 Å². The Kier molecular flexibility index (Phi) is 4.63. The monoisotopic (exact) mass is 349 g/mol. The molecule has 26 heavy (non-hydrogen) atoms. The molecule has 134 valence electrons. The van der Waals surface area contributed by atoms with Crippen LogP contribution in [-0.2, 0) is 13.1 Å². The second-order valence-corrected chi connectivity index (χ2v) is 6.76. The summed E-state index contributed by atoms with van der Waals surface area (Å²) in [6, 6.07) is 16.7. The van der Waals surface area contributed by atoms with Crippen molar-refractivity contribution in [1.82, 2.24) is 14.7 Å². The molecule has 0 atom stereocenters. The van der Waals surface area contributed by atoms with Crippen LogP contribution in [0.3, 0.4) is 0 Å². The molecule has 1 heterocycles. The van der Waals surface area contributed by atoms with E-state index in [9.17, 15) is 5.11 Å². The van der Waals surface area contributed by atoms with Gasteiger partial charge in [-0.05, 0) is 54.3 Å². The molecule has 0 unspecified atom stereocenters. The summed E-state index contributed by atoms with van der Waals surface area (Å²) in [4.78, 5) is 2.49. The number of hydrogen-bond acceptors (Lipinski definition) is 4. The summed E-state index contributed by atoms with van der Waals surface area (Å²) in [5.41, 5.74) is 3.51.